The molecule has 3 rings (SSSR count). The van der Waals surface area contributed by atoms with E-state index >= 15 is 0 Å². The van der Waals surface area contributed by atoms with Crippen molar-refractivity contribution in [3.63, 3.8) is 0 Å². The van der Waals surface area contributed by atoms with E-state index in [1.54, 1.807) is 31.4 Å². The SMILES string of the molecule is COc1ccc(-c2cc(C(=O)NNC(=O)c3ccc(F)cc3Cl)[nH]n2)cc1. The van der Waals surface area contributed by atoms with Crippen molar-refractivity contribution in [3.8, 4) is 17.0 Å². The normalized spacial score (nSPS) is 10.3. The van der Waals surface area contributed by atoms with Gasteiger partial charge >= 0.3 is 0 Å². The van der Waals surface area contributed by atoms with Gasteiger partial charge in [-0.25, -0.2) is 4.39 Å². The summed E-state index contributed by atoms with van der Waals surface area (Å²) in [5, 5.41) is 6.60. The molecule has 0 spiro atoms. The smallest absolute Gasteiger partial charge is 0.287 e. The van der Waals surface area contributed by atoms with Crippen molar-refractivity contribution in [3.05, 3.63) is 70.6 Å². The molecule has 0 aliphatic heterocycles. The molecule has 0 fully saturated rings. The van der Waals surface area contributed by atoms with Crippen LogP contribution in [0.1, 0.15) is 20.8 Å². The molecular formula is C18H14ClFN4O3. The largest absolute Gasteiger partial charge is 0.497 e. The number of aromatic amines is 1. The fourth-order valence-electron chi connectivity index (χ4n) is 2.27. The third-order valence-electron chi connectivity index (χ3n) is 3.67. The maximum atomic E-state index is 13.0. The number of hydrogen-bond donors (Lipinski definition) is 3. The first-order valence-corrected chi connectivity index (χ1v) is 8.11. The number of H-pyrrole nitrogens is 1. The molecule has 9 heteroatoms. The summed E-state index contributed by atoms with van der Waals surface area (Å²) in [6, 6.07) is 12.0. The van der Waals surface area contributed by atoms with Crippen LogP contribution in [0.15, 0.2) is 48.5 Å². The Morgan fingerprint density at radius 2 is 1.78 bits per heavy atom. The molecule has 0 aliphatic rings. The second kappa shape index (κ2) is 7.88. The summed E-state index contributed by atoms with van der Waals surface area (Å²) in [4.78, 5) is 24.2. The number of carbonyl (C=O) groups excluding carboxylic acids is 2. The van der Waals surface area contributed by atoms with Gasteiger partial charge in [-0.1, -0.05) is 11.6 Å². The maximum absolute atomic E-state index is 13.0. The lowest BCUT2D eigenvalue weighted by molar-refractivity contribution is 0.0844. The van der Waals surface area contributed by atoms with Crippen LogP contribution in [-0.4, -0.2) is 29.1 Å². The quantitative estimate of drug-likeness (QED) is 0.599. The zero-order chi connectivity index (χ0) is 19.4. The maximum Gasteiger partial charge on any atom is 0.287 e. The Bertz CT molecular complexity index is 989. The predicted octanol–water partition coefficient (Wildman–Crippen LogP) is 2.95. The van der Waals surface area contributed by atoms with E-state index in [0.29, 0.717) is 11.4 Å². The highest BCUT2D eigenvalue weighted by Gasteiger charge is 2.15. The van der Waals surface area contributed by atoms with Gasteiger partial charge in [0.2, 0.25) is 0 Å². The molecule has 1 heterocycles. The molecule has 27 heavy (non-hydrogen) atoms. The van der Waals surface area contributed by atoms with Gasteiger partial charge in [0.05, 0.1) is 23.4 Å². The van der Waals surface area contributed by atoms with Crippen LogP contribution >= 0.6 is 11.6 Å². The number of nitrogens with one attached hydrogen (secondary N) is 3. The third kappa shape index (κ3) is 4.24. The molecule has 1 aromatic heterocycles. The molecule has 0 radical (unpaired) electrons. The lowest BCUT2D eigenvalue weighted by Crippen LogP contribution is -2.41. The van der Waals surface area contributed by atoms with Crippen molar-refractivity contribution in [1.82, 2.24) is 21.0 Å². The van der Waals surface area contributed by atoms with E-state index in [-0.39, 0.29) is 16.3 Å². The molecule has 0 bridgehead atoms. The first-order valence-electron chi connectivity index (χ1n) is 7.73. The van der Waals surface area contributed by atoms with Gasteiger partial charge in [-0.15, -0.1) is 0 Å². The lowest BCUT2D eigenvalue weighted by atomic mass is 10.1. The number of hydrogen-bond acceptors (Lipinski definition) is 4. The second-order valence-electron chi connectivity index (χ2n) is 5.43. The van der Waals surface area contributed by atoms with E-state index in [9.17, 15) is 14.0 Å². The third-order valence-corrected chi connectivity index (χ3v) is 3.99. The Morgan fingerprint density at radius 1 is 1.07 bits per heavy atom. The Kier molecular flexibility index (Phi) is 5.37. The number of amides is 2. The molecule has 0 saturated carbocycles. The molecule has 0 atom stereocenters. The van der Waals surface area contributed by atoms with Gasteiger partial charge in [-0.2, -0.15) is 5.10 Å². The molecule has 138 valence electrons. The van der Waals surface area contributed by atoms with Crippen LogP contribution in [0.3, 0.4) is 0 Å². The average Bonchev–Trinajstić information content (AvgIpc) is 3.16. The molecule has 0 unspecified atom stereocenters. The van der Waals surface area contributed by atoms with Crippen LogP contribution < -0.4 is 15.6 Å². The van der Waals surface area contributed by atoms with E-state index in [1.807, 2.05) is 0 Å². The zero-order valence-corrected chi connectivity index (χ0v) is 14.8. The zero-order valence-electron chi connectivity index (χ0n) is 14.0. The molecule has 0 saturated heterocycles. The lowest BCUT2D eigenvalue weighted by Gasteiger charge is -2.07. The Balaban J connectivity index is 1.64. The number of ether oxygens (including phenoxy) is 1. The van der Waals surface area contributed by atoms with E-state index in [2.05, 4.69) is 21.0 Å². The van der Waals surface area contributed by atoms with Gasteiger partial charge in [-0.05, 0) is 48.5 Å². The molecule has 2 amide bonds. The molecule has 3 aromatic rings. The number of methoxy groups -OCH3 is 1. The summed E-state index contributed by atoms with van der Waals surface area (Å²) in [7, 11) is 1.57. The first kappa shape index (κ1) is 18.4. The van der Waals surface area contributed by atoms with Gasteiger partial charge in [0.25, 0.3) is 11.8 Å². The highest BCUT2D eigenvalue weighted by atomic mass is 35.5. The number of carbonyl (C=O) groups is 2. The van der Waals surface area contributed by atoms with Gasteiger partial charge in [-0.3, -0.25) is 25.5 Å². The minimum absolute atomic E-state index is 0.0295. The molecule has 7 nitrogen and oxygen atoms in total. The Hall–Kier alpha value is -3.39. The van der Waals surface area contributed by atoms with E-state index < -0.39 is 17.6 Å². The highest BCUT2D eigenvalue weighted by molar-refractivity contribution is 6.33. The summed E-state index contributed by atoms with van der Waals surface area (Å²) in [6.45, 7) is 0. The van der Waals surface area contributed by atoms with Gasteiger partial charge in [0.1, 0.15) is 17.3 Å². The molecule has 0 aliphatic carbocycles. The van der Waals surface area contributed by atoms with E-state index in [0.717, 1.165) is 17.7 Å². The summed E-state index contributed by atoms with van der Waals surface area (Å²) >= 11 is 5.81. The van der Waals surface area contributed by atoms with Crippen LogP contribution in [0.4, 0.5) is 4.39 Å². The number of nitrogens with zero attached hydrogens (tertiary/aromatic N) is 1. The van der Waals surface area contributed by atoms with Crippen LogP contribution in [-0.2, 0) is 0 Å². The Morgan fingerprint density at radius 3 is 2.44 bits per heavy atom. The number of hydrazine groups is 1. The number of benzene rings is 2. The van der Waals surface area contributed by atoms with Crippen molar-refractivity contribution in [2.24, 2.45) is 0 Å². The van der Waals surface area contributed by atoms with Crippen molar-refractivity contribution < 1.29 is 18.7 Å². The van der Waals surface area contributed by atoms with E-state index in [1.165, 1.54) is 12.1 Å². The number of halogens is 2. The Labute approximate surface area is 158 Å². The topological polar surface area (TPSA) is 96.1 Å². The van der Waals surface area contributed by atoms with Crippen LogP contribution in [0.2, 0.25) is 5.02 Å². The fourth-order valence-corrected chi connectivity index (χ4v) is 2.52. The fraction of sp³-hybridized carbons (Fsp3) is 0.0556. The minimum atomic E-state index is -0.678. The van der Waals surface area contributed by atoms with Crippen molar-refractivity contribution >= 4 is 23.4 Å². The van der Waals surface area contributed by atoms with Crippen molar-refractivity contribution in [2.45, 2.75) is 0 Å². The first-order chi connectivity index (χ1) is 13.0. The van der Waals surface area contributed by atoms with E-state index in [4.69, 9.17) is 16.3 Å². The predicted molar refractivity (Wildman–Crippen MR) is 96.9 cm³/mol. The van der Waals surface area contributed by atoms with Crippen LogP contribution in [0.5, 0.6) is 5.75 Å². The summed E-state index contributed by atoms with van der Waals surface area (Å²) in [6.07, 6.45) is 0. The number of rotatable bonds is 4. The summed E-state index contributed by atoms with van der Waals surface area (Å²) in [5.41, 5.74) is 5.96. The van der Waals surface area contributed by atoms with Crippen molar-refractivity contribution in [1.29, 1.82) is 0 Å². The minimum Gasteiger partial charge on any atom is -0.497 e. The van der Waals surface area contributed by atoms with Gasteiger partial charge < -0.3 is 4.74 Å². The monoisotopic (exact) mass is 388 g/mol. The average molecular weight is 389 g/mol. The molecular weight excluding hydrogens is 375 g/mol. The standard InChI is InChI=1S/C18H14ClFN4O3/c1-27-12-5-2-10(3-6-12)15-9-16(22-21-15)18(26)24-23-17(25)13-7-4-11(20)8-14(13)19/h2-9H,1H3,(H,21,22)(H,23,25)(H,24,26). The molecule has 2 aromatic carbocycles. The van der Waals surface area contributed by atoms with Gasteiger partial charge in [0.15, 0.2) is 0 Å². The number of aromatic nitrogens is 2. The summed E-state index contributed by atoms with van der Waals surface area (Å²) in [5.74, 6) is -1.14. The van der Waals surface area contributed by atoms with Gasteiger partial charge in [0, 0.05) is 5.56 Å². The molecule has 3 N–H and O–H groups in total. The second-order valence-corrected chi connectivity index (χ2v) is 5.83. The summed E-state index contributed by atoms with van der Waals surface area (Å²) < 4.78 is 18.1. The highest BCUT2D eigenvalue weighted by Crippen LogP contribution is 2.21. The van der Waals surface area contributed by atoms with Crippen LogP contribution in [0.25, 0.3) is 11.3 Å². The van der Waals surface area contributed by atoms with Crippen LogP contribution in [0, 0.1) is 5.82 Å². The van der Waals surface area contributed by atoms with Crippen molar-refractivity contribution in [2.75, 3.05) is 7.11 Å².